The lowest BCUT2D eigenvalue weighted by molar-refractivity contribution is -0.135. The van der Waals surface area contributed by atoms with E-state index in [9.17, 15) is 15.0 Å². The van der Waals surface area contributed by atoms with Gasteiger partial charge in [0.15, 0.2) is 11.5 Å². The van der Waals surface area contributed by atoms with Gasteiger partial charge in [-0.25, -0.2) is 9.79 Å². The number of aromatic hydroxyl groups is 1. The molecule has 1 heterocycles. The quantitative estimate of drug-likeness (QED) is 0.623. The number of carbonyl (C=O) groups excluding carboxylic acids is 1. The van der Waals surface area contributed by atoms with Crippen LogP contribution in [0.1, 0.15) is 18.1 Å². The van der Waals surface area contributed by atoms with Gasteiger partial charge in [0.2, 0.25) is 5.75 Å². The summed E-state index contributed by atoms with van der Waals surface area (Å²) in [5, 5.41) is 21.3. The molecule has 1 aliphatic rings. The van der Waals surface area contributed by atoms with Gasteiger partial charge >= 0.3 is 5.97 Å². The Balaban J connectivity index is 2.10. The number of aliphatic imine (C=N–C) groups is 1. The van der Waals surface area contributed by atoms with Crippen LogP contribution in [0.25, 0.3) is 6.08 Å². The molecule has 2 aromatic carbocycles. The maximum Gasteiger partial charge on any atom is 0.344 e. The summed E-state index contributed by atoms with van der Waals surface area (Å²) in [6, 6.07) is 10.7. The van der Waals surface area contributed by atoms with E-state index < -0.39 is 5.97 Å². The Morgan fingerprint density at radius 2 is 1.87 bits per heavy atom. The number of nitrogens with zero attached hydrogens (tertiary/aromatic N) is 1. The molecule has 3 rings (SSSR count). The van der Waals surface area contributed by atoms with Gasteiger partial charge in [-0.15, -0.1) is 0 Å². The van der Waals surface area contributed by atoms with Crippen molar-refractivity contribution in [3.63, 3.8) is 0 Å². The molecule has 0 aliphatic carbocycles. The third-order valence-electron chi connectivity index (χ3n) is 4.65. The first-order chi connectivity index (χ1) is 14.9. The lowest BCUT2D eigenvalue weighted by Crippen LogP contribution is -2.10. The molecule has 0 atom stereocenters. The lowest BCUT2D eigenvalue weighted by Gasteiger charge is -2.10. The van der Waals surface area contributed by atoms with Gasteiger partial charge in [0.1, 0.15) is 16.4 Å². The number of thioether (sulfide) groups is 1. The number of esters is 1. The van der Waals surface area contributed by atoms with Crippen molar-refractivity contribution in [2.45, 2.75) is 13.3 Å². The summed E-state index contributed by atoms with van der Waals surface area (Å²) in [6.45, 7) is 2.02. The smallest absolute Gasteiger partial charge is 0.344 e. The molecule has 0 spiro atoms. The van der Waals surface area contributed by atoms with E-state index in [4.69, 9.17) is 14.2 Å². The Morgan fingerprint density at radius 1 is 1.13 bits per heavy atom. The topological polar surface area (TPSA) is 97.6 Å². The minimum absolute atomic E-state index is 0.00523. The van der Waals surface area contributed by atoms with E-state index >= 15 is 0 Å². The van der Waals surface area contributed by atoms with E-state index in [1.54, 1.807) is 12.1 Å². The van der Waals surface area contributed by atoms with Crippen LogP contribution in [0.5, 0.6) is 17.2 Å². The highest BCUT2D eigenvalue weighted by Crippen LogP contribution is 2.43. The van der Waals surface area contributed by atoms with Gasteiger partial charge in [0.05, 0.1) is 31.9 Å². The van der Waals surface area contributed by atoms with Crippen LogP contribution in [0.2, 0.25) is 0 Å². The molecule has 0 radical (unpaired) electrons. The van der Waals surface area contributed by atoms with E-state index in [-0.39, 0.29) is 22.8 Å². The van der Waals surface area contributed by atoms with Crippen LogP contribution in [0.3, 0.4) is 0 Å². The van der Waals surface area contributed by atoms with Crippen LogP contribution >= 0.6 is 11.8 Å². The Hall–Kier alpha value is -3.39. The first-order valence-electron chi connectivity index (χ1n) is 9.46. The molecule has 31 heavy (non-hydrogen) atoms. The number of para-hydroxylation sites is 1. The van der Waals surface area contributed by atoms with Crippen LogP contribution in [0, 0.1) is 0 Å². The molecular formula is C23H23NO6S. The van der Waals surface area contributed by atoms with Gasteiger partial charge in [-0.1, -0.05) is 36.9 Å². The SMILES string of the molecule is CCc1ccccc1N=C1S/C(=C/c2cc(O)c(OC)c(OC)c2)C(O)=C1C(=O)OC. The van der Waals surface area contributed by atoms with Crippen LogP contribution in [-0.2, 0) is 16.0 Å². The summed E-state index contributed by atoms with van der Waals surface area (Å²) in [5.41, 5.74) is 2.27. The molecule has 0 saturated heterocycles. The summed E-state index contributed by atoms with van der Waals surface area (Å²) < 4.78 is 15.3. The Kier molecular flexibility index (Phi) is 6.91. The van der Waals surface area contributed by atoms with E-state index in [2.05, 4.69) is 4.99 Å². The summed E-state index contributed by atoms with van der Waals surface area (Å²) >= 11 is 1.14. The van der Waals surface area contributed by atoms with Crippen molar-refractivity contribution >= 4 is 34.5 Å². The van der Waals surface area contributed by atoms with Crippen LogP contribution in [0.15, 0.2) is 57.6 Å². The first kappa shape index (κ1) is 22.3. The molecule has 2 aromatic rings. The minimum atomic E-state index is -0.684. The molecule has 0 aromatic heterocycles. The van der Waals surface area contributed by atoms with Crippen LogP contribution in [0.4, 0.5) is 5.69 Å². The van der Waals surface area contributed by atoms with Crippen molar-refractivity contribution in [3.05, 3.63) is 63.8 Å². The number of phenols is 1. The molecule has 7 nitrogen and oxygen atoms in total. The lowest BCUT2D eigenvalue weighted by atomic mass is 10.1. The summed E-state index contributed by atoms with van der Waals surface area (Å²) in [6.07, 6.45) is 2.40. The number of phenolic OH excluding ortho intramolecular Hbond substituents is 1. The number of rotatable bonds is 6. The van der Waals surface area contributed by atoms with Crippen molar-refractivity contribution in [2.75, 3.05) is 21.3 Å². The normalized spacial score (nSPS) is 16.1. The molecule has 0 bridgehead atoms. The van der Waals surface area contributed by atoms with Gasteiger partial charge in [-0.05, 0) is 41.8 Å². The van der Waals surface area contributed by atoms with E-state index in [0.29, 0.717) is 26.9 Å². The fourth-order valence-corrected chi connectivity index (χ4v) is 4.15. The second kappa shape index (κ2) is 9.61. The van der Waals surface area contributed by atoms with Gasteiger partial charge in [-0.2, -0.15) is 0 Å². The fourth-order valence-electron chi connectivity index (χ4n) is 3.12. The molecule has 0 amide bonds. The number of carbonyl (C=O) groups is 1. The predicted octanol–water partition coefficient (Wildman–Crippen LogP) is 4.77. The highest BCUT2D eigenvalue weighted by atomic mass is 32.2. The van der Waals surface area contributed by atoms with Gasteiger partial charge in [0.25, 0.3) is 0 Å². The van der Waals surface area contributed by atoms with Gasteiger partial charge in [0, 0.05) is 0 Å². The number of ether oxygens (including phenoxy) is 3. The number of aliphatic hydroxyl groups is 1. The third-order valence-corrected chi connectivity index (χ3v) is 5.67. The monoisotopic (exact) mass is 441 g/mol. The molecular weight excluding hydrogens is 418 g/mol. The van der Waals surface area contributed by atoms with Gasteiger partial charge < -0.3 is 24.4 Å². The molecule has 2 N–H and O–H groups in total. The third kappa shape index (κ3) is 4.54. The van der Waals surface area contributed by atoms with Crippen molar-refractivity contribution in [1.82, 2.24) is 0 Å². The molecule has 8 heteroatoms. The predicted molar refractivity (Wildman–Crippen MR) is 121 cm³/mol. The average molecular weight is 442 g/mol. The zero-order valence-electron chi connectivity index (χ0n) is 17.6. The average Bonchev–Trinajstić information content (AvgIpc) is 3.07. The maximum atomic E-state index is 12.4. The van der Waals surface area contributed by atoms with Crippen molar-refractivity contribution in [1.29, 1.82) is 0 Å². The zero-order chi connectivity index (χ0) is 22.5. The van der Waals surface area contributed by atoms with Crippen LogP contribution < -0.4 is 9.47 Å². The molecule has 1 aliphatic heterocycles. The van der Waals surface area contributed by atoms with E-state index in [1.807, 2.05) is 31.2 Å². The number of benzene rings is 2. The van der Waals surface area contributed by atoms with Gasteiger partial charge in [-0.3, -0.25) is 0 Å². The minimum Gasteiger partial charge on any atom is -0.506 e. The van der Waals surface area contributed by atoms with E-state index in [0.717, 1.165) is 23.7 Å². The number of hydrogen-bond donors (Lipinski definition) is 2. The Bertz CT molecular complexity index is 1100. The number of methoxy groups -OCH3 is 3. The summed E-state index contributed by atoms with van der Waals surface area (Å²) in [7, 11) is 4.14. The number of aryl methyl sites for hydroxylation is 1. The second-order valence-electron chi connectivity index (χ2n) is 6.50. The molecule has 162 valence electrons. The Labute approximate surface area is 184 Å². The number of hydrogen-bond acceptors (Lipinski definition) is 8. The molecule has 0 unspecified atom stereocenters. The zero-order valence-corrected chi connectivity index (χ0v) is 18.4. The second-order valence-corrected chi connectivity index (χ2v) is 7.53. The highest BCUT2D eigenvalue weighted by molar-refractivity contribution is 8.18. The standard InChI is InChI=1S/C23H23NO6S/c1-5-14-8-6-7-9-15(14)24-22-19(23(27)30-4)20(26)18(31-22)12-13-10-16(25)21(29-3)17(11-13)28-2/h6-12,25-26H,5H2,1-4H3/b18-12+,24-22?. The molecule has 0 fully saturated rings. The summed E-state index contributed by atoms with van der Waals surface area (Å²) in [4.78, 5) is 17.4. The largest absolute Gasteiger partial charge is 0.506 e. The number of aliphatic hydroxyl groups excluding tert-OH is 1. The highest BCUT2D eigenvalue weighted by Gasteiger charge is 2.33. The Morgan fingerprint density at radius 3 is 2.52 bits per heavy atom. The van der Waals surface area contributed by atoms with Crippen molar-refractivity contribution < 1.29 is 29.2 Å². The van der Waals surface area contributed by atoms with Crippen LogP contribution in [-0.4, -0.2) is 42.6 Å². The first-order valence-corrected chi connectivity index (χ1v) is 10.3. The molecule has 0 saturated carbocycles. The maximum absolute atomic E-state index is 12.4. The van der Waals surface area contributed by atoms with E-state index in [1.165, 1.54) is 27.4 Å². The fraction of sp³-hybridized carbons (Fsp3) is 0.217. The van der Waals surface area contributed by atoms with Crippen molar-refractivity contribution in [2.24, 2.45) is 4.99 Å². The van der Waals surface area contributed by atoms with Crippen molar-refractivity contribution in [3.8, 4) is 17.2 Å². The summed E-state index contributed by atoms with van der Waals surface area (Å²) in [5.74, 6) is -0.494.